The Morgan fingerprint density at radius 3 is 2.54 bits per heavy atom. The van der Waals surface area contributed by atoms with Crippen molar-refractivity contribution in [1.82, 2.24) is 0 Å². The Balaban J connectivity index is 1.86. The molecule has 0 heterocycles. The van der Waals surface area contributed by atoms with Crippen LogP contribution in [0.2, 0.25) is 19.6 Å². The maximum atomic E-state index is 6.30. The third kappa shape index (κ3) is 3.55. The molecule has 0 aromatic rings. The zero-order valence-electron chi connectivity index (χ0n) is 15.9. The smallest absolute Gasteiger partial charge is 0.183 e. The van der Waals surface area contributed by atoms with Gasteiger partial charge in [0.05, 0.1) is 0 Å². The van der Waals surface area contributed by atoms with Crippen molar-refractivity contribution in [3.05, 3.63) is 48.1 Å². The number of hydrogen-bond acceptors (Lipinski definition) is 1. The van der Waals surface area contributed by atoms with Gasteiger partial charge >= 0.3 is 0 Å². The molecule has 0 aromatic heterocycles. The lowest BCUT2D eigenvalue weighted by Gasteiger charge is -2.44. The normalized spacial score (nSPS) is 28.9. The molecule has 0 saturated heterocycles. The molecule has 1 nitrogen and oxygen atoms in total. The second kappa shape index (κ2) is 7.17. The van der Waals surface area contributed by atoms with Crippen LogP contribution in [0.25, 0.3) is 0 Å². The molecule has 3 atom stereocenters. The molecule has 2 heteroatoms. The molecular formula is C22H34OSi. The summed E-state index contributed by atoms with van der Waals surface area (Å²) in [5.74, 6) is 2.10. The summed E-state index contributed by atoms with van der Waals surface area (Å²) in [4.78, 5) is 0. The van der Waals surface area contributed by atoms with E-state index in [-0.39, 0.29) is 0 Å². The van der Waals surface area contributed by atoms with Crippen LogP contribution >= 0.6 is 0 Å². The number of fused-ring (bicyclic) bond motifs is 1. The monoisotopic (exact) mass is 342 g/mol. The van der Waals surface area contributed by atoms with Gasteiger partial charge in [0.1, 0.15) is 0 Å². The minimum absolute atomic E-state index is 0.328. The molecule has 0 aliphatic heterocycles. The highest BCUT2D eigenvalue weighted by atomic mass is 28.4. The molecule has 1 saturated carbocycles. The average Bonchev–Trinajstić information content (AvgIpc) is 3.21. The number of allylic oxidation sites excluding steroid dienone is 8. The molecule has 0 aromatic carbocycles. The minimum Gasteiger partial charge on any atom is -0.418 e. The Kier molecular flexibility index (Phi) is 5.36. The van der Waals surface area contributed by atoms with Gasteiger partial charge < -0.3 is 4.43 Å². The van der Waals surface area contributed by atoms with Crippen LogP contribution in [0.3, 0.4) is 0 Å². The molecule has 0 radical (unpaired) electrons. The summed E-state index contributed by atoms with van der Waals surface area (Å²) in [5, 5.41) is 0. The zero-order chi connectivity index (χ0) is 17.2. The Morgan fingerprint density at radius 2 is 1.88 bits per heavy atom. The van der Waals surface area contributed by atoms with Gasteiger partial charge in [0.2, 0.25) is 0 Å². The second-order valence-electron chi connectivity index (χ2n) is 8.75. The van der Waals surface area contributed by atoms with E-state index in [1.807, 2.05) is 0 Å². The largest absolute Gasteiger partial charge is 0.418 e. The fourth-order valence-electron chi connectivity index (χ4n) is 5.13. The highest BCUT2D eigenvalue weighted by Crippen LogP contribution is 2.56. The SMILES string of the molecule is CCC(CCO[Si](C)(C)C)(C1C=CC=C1)C1CCC2CC=CC=C21. The molecule has 0 bridgehead atoms. The summed E-state index contributed by atoms with van der Waals surface area (Å²) < 4.78 is 6.30. The second-order valence-corrected chi connectivity index (χ2v) is 13.3. The average molecular weight is 343 g/mol. The Labute approximate surface area is 149 Å². The topological polar surface area (TPSA) is 9.23 Å². The van der Waals surface area contributed by atoms with Gasteiger partial charge in [0.25, 0.3) is 0 Å². The molecule has 24 heavy (non-hydrogen) atoms. The van der Waals surface area contributed by atoms with E-state index < -0.39 is 8.32 Å². The van der Waals surface area contributed by atoms with Crippen LogP contribution < -0.4 is 0 Å². The van der Waals surface area contributed by atoms with Crippen LogP contribution in [0.5, 0.6) is 0 Å². The van der Waals surface area contributed by atoms with Crippen LogP contribution in [-0.4, -0.2) is 14.9 Å². The molecule has 3 aliphatic carbocycles. The van der Waals surface area contributed by atoms with Crippen LogP contribution in [0.4, 0.5) is 0 Å². The van der Waals surface area contributed by atoms with Gasteiger partial charge in [-0.2, -0.15) is 0 Å². The van der Waals surface area contributed by atoms with Crippen LogP contribution in [0.1, 0.15) is 39.0 Å². The van der Waals surface area contributed by atoms with Crippen molar-refractivity contribution >= 4 is 8.32 Å². The lowest BCUT2D eigenvalue weighted by Crippen LogP contribution is -2.38. The molecule has 0 spiro atoms. The zero-order valence-corrected chi connectivity index (χ0v) is 16.9. The van der Waals surface area contributed by atoms with Crippen molar-refractivity contribution in [3.63, 3.8) is 0 Å². The van der Waals surface area contributed by atoms with E-state index in [0.29, 0.717) is 11.3 Å². The third-order valence-corrected chi connectivity index (χ3v) is 7.46. The van der Waals surface area contributed by atoms with Crippen LogP contribution in [0.15, 0.2) is 48.1 Å². The summed E-state index contributed by atoms with van der Waals surface area (Å²) in [5.41, 5.74) is 2.07. The summed E-state index contributed by atoms with van der Waals surface area (Å²) >= 11 is 0. The minimum atomic E-state index is -1.45. The Morgan fingerprint density at radius 1 is 1.12 bits per heavy atom. The summed E-state index contributed by atoms with van der Waals surface area (Å²) in [7, 11) is -1.45. The Bertz CT molecular complexity index is 551. The first-order valence-corrected chi connectivity index (χ1v) is 13.2. The van der Waals surface area contributed by atoms with E-state index >= 15 is 0 Å². The van der Waals surface area contributed by atoms with E-state index in [4.69, 9.17) is 4.43 Å². The number of hydrogen-bond donors (Lipinski definition) is 0. The quantitative estimate of drug-likeness (QED) is 0.495. The van der Waals surface area contributed by atoms with Crippen LogP contribution in [0, 0.1) is 23.2 Å². The van der Waals surface area contributed by atoms with Gasteiger partial charge in [0, 0.05) is 12.5 Å². The van der Waals surface area contributed by atoms with E-state index in [1.54, 1.807) is 5.57 Å². The predicted octanol–water partition coefficient (Wildman–Crippen LogP) is 6.28. The molecule has 0 N–H and O–H groups in total. The van der Waals surface area contributed by atoms with Crippen molar-refractivity contribution < 1.29 is 4.43 Å². The van der Waals surface area contributed by atoms with Gasteiger partial charge in [-0.3, -0.25) is 0 Å². The van der Waals surface area contributed by atoms with Gasteiger partial charge in [-0.1, -0.05) is 55.0 Å². The van der Waals surface area contributed by atoms with Crippen LogP contribution in [-0.2, 0) is 4.43 Å². The van der Waals surface area contributed by atoms with Crippen molar-refractivity contribution in [1.29, 1.82) is 0 Å². The van der Waals surface area contributed by atoms with E-state index in [2.05, 4.69) is 69.1 Å². The first-order chi connectivity index (χ1) is 11.5. The lowest BCUT2D eigenvalue weighted by molar-refractivity contribution is 0.0971. The van der Waals surface area contributed by atoms with E-state index in [1.165, 1.54) is 32.1 Å². The molecule has 3 rings (SSSR count). The molecule has 3 unspecified atom stereocenters. The van der Waals surface area contributed by atoms with Crippen molar-refractivity contribution in [2.45, 2.75) is 58.7 Å². The third-order valence-electron chi connectivity index (χ3n) is 6.39. The van der Waals surface area contributed by atoms with E-state index in [9.17, 15) is 0 Å². The maximum Gasteiger partial charge on any atom is 0.183 e. The molecule has 3 aliphatic rings. The maximum absolute atomic E-state index is 6.30. The van der Waals surface area contributed by atoms with Gasteiger partial charge in [-0.05, 0) is 69.0 Å². The fourth-order valence-corrected chi connectivity index (χ4v) is 5.84. The van der Waals surface area contributed by atoms with Crippen molar-refractivity contribution in [2.75, 3.05) is 6.61 Å². The number of rotatable bonds is 7. The first kappa shape index (κ1) is 17.9. The standard InChI is InChI=1S/C22H34OSi/c1-5-22(19-11-7-8-12-19,16-17-23-24(2,3)4)21-15-14-18-10-6-9-13-20(18)21/h6-9,11-13,18-19,21H,5,10,14-17H2,1-4H3. The molecule has 1 fully saturated rings. The van der Waals surface area contributed by atoms with Gasteiger partial charge in [-0.25, -0.2) is 0 Å². The molecule has 132 valence electrons. The summed E-state index contributed by atoms with van der Waals surface area (Å²) in [6.45, 7) is 10.2. The molecular weight excluding hydrogens is 308 g/mol. The Hall–Kier alpha value is -0.863. The van der Waals surface area contributed by atoms with Crippen molar-refractivity contribution in [2.24, 2.45) is 23.2 Å². The fraction of sp³-hybridized carbons (Fsp3) is 0.636. The summed E-state index contributed by atoms with van der Waals surface area (Å²) in [6.07, 6.45) is 22.9. The first-order valence-electron chi connectivity index (χ1n) is 9.82. The highest BCUT2D eigenvalue weighted by molar-refractivity contribution is 6.69. The lowest BCUT2D eigenvalue weighted by atomic mass is 9.61. The van der Waals surface area contributed by atoms with Gasteiger partial charge in [-0.15, -0.1) is 0 Å². The van der Waals surface area contributed by atoms with E-state index in [0.717, 1.165) is 18.4 Å². The van der Waals surface area contributed by atoms with Gasteiger partial charge in [0.15, 0.2) is 8.32 Å². The molecule has 0 amide bonds. The summed E-state index contributed by atoms with van der Waals surface area (Å²) in [6, 6.07) is 0. The van der Waals surface area contributed by atoms with Crippen molar-refractivity contribution in [3.8, 4) is 0 Å². The highest BCUT2D eigenvalue weighted by Gasteiger charge is 2.47. The predicted molar refractivity (Wildman–Crippen MR) is 106 cm³/mol.